The Hall–Kier alpha value is -1.68. The summed E-state index contributed by atoms with van der Waals surface area (Å²) in [6, 6.07) is 6.22. The molecular formula is C27H34F6LiO3P. The molecule has 0 bridgehead atoms. The van der Waals surface area contributed by atoms with Gasteiger partial charge in [-0.05, 0) is 45.7 Å². The van der Waals surface area contributed by atoms with Gasteiger partial charge in [-0.15, -0.1) is 0 Å². The molecule has 1 atom stereocenters. The number of carbonyl (C=O) groups is 1. The van der Waals surface area contributed by atoms with Crippen LogP contribution in [0.4, 0.5) is 26.3 Å². The molecular weight excluding hydrogens is 524 g/mol. The summed E-state index contributed by atoms with van der Waals surface area (Å²) in [5.41, 5.74) is -5.84. The van der Waals surface area contributed by atoms with Crippen molar-refractivity contribution in [3.05, 3.63) is 53.1 Å². The molecule has 2 aromatic carbocycles. The molecule has 2 aromatic rings. The Kier molecular flexibility index (Phi) is 14.8. The zero-order valence-electron chi connectivity index (χ0n) is 23.0. The number of hydrogen-bond donors (Lipinski definition) is 0. The van der Waals surface area contributed by atoms with E-state index in [1.165, 1.54) is 6.07 Å². The average molecular weight is 558 g/mol. The van der Waals surface area contributed by atoms with Crippen LogP contribution in [0, 0.1) is 0 Å². The minimum Gasteiger partial charge on any atom is -1.00 e. The molecule has 0 saturated heterocycles. The monoisotopic (exact) mass is 558 g/mol. The van der Waals surface area contributed by atoms with E-state index >= 15 is 0 Å². The van der Waals surface area contributed by atoms with Crippen LogP contribution in [0.15, 0.2) is 36.4 Å². The summed E-state index contributed by atoms with van der Waals surface area (Å²) in [4.78, 5) is 13.0. The van der Waals surface area contributed by atoms with E-state index in [1.54, 1.807) is 12.1 Å². The van der Waals surface area contributed by atoms with Crippen LogP contribution in [0.5, 0.6) is 11.5 Å². The molecule has 0 amide bonds. The van der Waals surface area contributed by atoms with Crippen LogP contribution in [0.3, 0.4) is 0 Å². The van der Waals surface area contributed by atoms with E-state index in [-0.39, 0.29) is 31.3 Å². The normalized spacial score (nSPS) is 12.0. The average Bonchev–Trinajstić information content (AvgIpc) is 2.83. The summed E-state index contributed by atoms with van der Waals surface area (Å²) in [6.07, 6.45) is -2.58. The number of alkyl halides is 6. The summed E-state index contributed by atoms with van der Waals surface area (Å²) >= 11 is 0. The summed E-state index contributed by atoms with van der Waals surface area (Å²) < 4.78 is 92.9. The van der Waals surface area contributed by atoms with Crippen molar-refractivity contribution in [2.75, 3.05) is 13.2 Å². The fourth-order valence-corrected chi connectivity index (χ4v) is 4.77. The Morgan fingerprint density at radius 2 is 1.32 bits per heavy atom. The SMILES string of the molecule is CCCCCCOc1ccc(PC(=O)c2c(C(F)(F)F)cccc2C(F)(F)F)c(OCCCCCC)c1.[H-].[Li+]. The molecule has 0 aliphatic rings. The van der Waals surface area contributed by atoms with Crippen LogP contribution in [0.2, 0.25) is 0 Å². The van der Waals surface area contributed by atoms with Gasteiger partial charge < -0.3 is 10.9 Å². The van der Waals surface area contributed by atoms with Gasteiger partial charge in [0, 0.05) is 16.9 Å². The standard InChI is InChI=1S/C27H33F6O3P.Li.H/c1-3-5-7-9-16-35-19-14-15-23(22(18-19)36-17-10-8-6-4-2)37-25(34)24-20(26(28,29)30)12-11-13-21(24)27(31,32)33;;/h11-15,18,37H,3-10,16-17H2,1-2H3;;/q;+1;-1. The molecule has 3 nitrogen and oxygen atoms in total. The Bertz CT molecular complexity index is 986. The van der Waals surface area contributed by atoms with Gasteiger partial charge in [0.15, 0.2) is 5.52 Å². The number of carbonyl (C=O) groups excluding carboxylic acids is 1. The minimum absolute atomic E-state index is 0. The molecule has 0 aliphatic carbocycles. The quantitative estimate of drug-likeness (QED) is 0.118. The van der Waals surface area contributed by atoms with Crippen molar-refractivity contribution in [2.45, 2.75) is 77.6 Å². The van der Waals surface area contributed by atoms with Crippen molar-refractivity contribution in [3.63, 3.8) is 0 Å². The second kappa shape index (κ2) is 16.4. The molecule has 0 radical (unpaired) electrons. The molecule has 0 aromatic heterocycles. The molecule has 0 spiro atoms. The van der Waals surface area contributed by atoms with Crippen LogP contribution in [-0.4, -0.2) is 18.7 Å². The molecule has 0 saturated carbocycles. The predicted octanol–water partition coefficient (Wildman–Crippen LogP) is 5.90. The smallest absolute Gasteiger partial charge is 1.00 e. The fraction of sp³-hybridized carbons (Fsp3) is 0.519. The number of hydrogen-bond acceptors (Lipinski definition) is 3. The zero-order valence-corrected chi connectivity index (χ0v) is 23.0. The summed E-state index contributed by atoms with van der Waals surface area (Å²) in [5.74, 6) is 0.694. The van der Waals surface area contributed by atoms with Gasteiger partial charge in [0.2, 0.25) is 0 Å². The minimum atomic E-state index is -5.12. The van der Waals surface area contributed by atoms with Gasteiger partial charge >= 0.3 is 31.2 Å². The van der Waals surface area contributed by atoms with Crippen molar-refractivity contribution >= 4 is 19.4 Å². The van der Waals surface area contributed by atoms with Crippen LogP contribution in [0.25, 0.3) is 0 Å². The van der Waals surface area contributed by atoms with Gasteiger partial charge in [0.25, 0.3) is 0 Å². The van der Waals surface area contributed by atoms with Crippen molar-refractivity contribution < 1.29 is 60.9 Å². The van der Waals surface area contributed by atoms with E-state index in [1.807, 2.05) is 0 Å². The van der Waals surface area contributed by atoms with Gasteiger partial charge in [-0.2, -0.15) is 26.3 Å². The van der Waals surface area contributed by atoms with E-state index in [4.69, 9.17) is 9.47 Å². The maximum atomic E-state index is 13.6. The van der Waals surface area contributed by atoms with Crippen molar-refractivity contribution in [3.8, 4) is 11.5 Å². The second-order valence-corrected chi connectivity index (χ2v) is 9.90. The third-order valence-electron chi connectivity index (χ3n) is 5.63. The number of benzene rings is 2. The van der Waals surface area contributed by atoms with Gasteiger partial charge in [-0.25, -0.2) is 0 Å². The third kappa shape index (κ3) is 10.8. The zero-order chi connectivity index (χ0) is 27.5. The maximum absolute atomic E-state index is 13.6. The number of rotatable bonds is 15. The Morgan fingerprint density at radius 1 is 0.789 bits per heavy atom. The van der Waals surface area contributed by atoms with Crippen LogP contribution < -0.4 is 33.6 Å². The van der Waals surface area contributed by atoms with Gasteiger partial charge in [0.05, 0.1) is 24.3 Å². The van der Waals surface area contributed by atoms with Gasteiger partial charge in [-0.1, -0.05) is 58.4 Å². The van der Waals surface area contributed by atoms with Crippen LogP contribution in [-0.2, 0) is 12.4 Å². The topological polar surface area (TPSA) is 35.5 Å². The molecule has 1 unspecified atom stereocenters. The Labute approximate surface area is 235 Å². The fourth-order valence-electron chi connectivity index (χ4n) is 3.70. The van der Waals surface area contributed by atoms with Crippen molar-refractivity contribution in [1.82, 2.24) is 0 Å². The van der Waals surface area contributed by atoms with Gasteiger partial charge in [-0.3, -0.25) is 4.79 Å². The third-order valence-corrected chi connectivity index (χ3v) is 6.79. The number of ether oxygens (including phenoxy) is 2. The first-order valence-corrected chi connectivity index (χ1v) is 13.5. The van der Waals surface area contributed by atoms with Crippen molar-refractivity contribution in [1.29, 1.82) is 0 Å². The first kappa shape index (κ1) is 34.3. The van der Waals surface area contributed by atoms with E-state index in [0.717, 1.165) is 51.4 Å². The van der Waals surface area contributed by atoms with Crippen LogP contribution in [0.1, 0.15) is 88.1 Å². The second-order valence-electron chi connectivity index (χ2n) is 8.65. The molecule has 38 heavy (non-hydrogen) atoms. The molecule has 0 N–H and O–H groups in total. The summed E-state index contributed by atoms with van der Waals surface area (Å²) in [5, 5.41) is 0.226. The maximum Gasteiger partial charge on any atom is 1.00 e. The number of unbranched alkanes of at least 4 members (excludes halogenated alkanes) is 6. The van der Waals surface area contributed by atoms with Crippen LogP contribution >= 0.6 is 8.58 Å². The molecule has 0 fully saturated rings. The molecule has 2 rings (SSSR count). The molecule has 208 valence electrons. The van der Waals surface area contributed by atoms with Crippen molar-refractivity contribution in [2.24, 2.45) is 0 Å². The molecule has 0 heterocycles. The number of halogens is 6. The Balaban J connectivity index is 0.00000722. The first-order chi connectivity index (χ1) is 17.5. The Morgan fingerprint density at radius 3 is 1.82 bits per heavy atom. The largest absolute Gasteiger partial charge is 1.00 e. The predicted molar refractivity (Wildman–Crippen MR) is 136 cm³/mol. The van der Waals surface area contributed by atoms with E-state index in [0.29, 0.717) is 37.2 Å². The van der Waals surface area contributed by atoms with E-state index < -0.39 is 43.1 Å². The van der Waals surface area contributed by atoms with E-state index in [9.17, 15) is 31.1 Å². The summed E-state index contributed by atoms with van der Waals surface area (Å²) in [7, 11) is -1.00. The molecule has 11 heteroatoms. The first-order valence-electron chi connectivity index (χ1n) is 12.5. The van der Waals surface area contributed by atoms with E-state index in [2.05, 4.69) is 13.8 Å². The summed E-state index contributed by atoms with van der Waals surface area (Å²) in [6.45, 7) is 4.92. The molecule has 0 aliphatic heterocycles. The van der Waals surface area contributed by atoms with Gasteiger partial charge in [0.1, 0.15) is 11.5 Å².